The van der Waals surface area contributed by atoms with Gasteiger partial charge in [-0.3, -0.25) is 9.59 Å². The molecule has 214 valence electrons. The van der Waals surface area contributed by atoms with Gasteiger partial charge in [-0.1, -0.05) is 55.5 Å². The number of rotatable bonds is 10. The summed E-state index contributed by atoms with van der Waals surface area (Å²) < 4.78 is 5.53. The van der Waals surface area contributed by atoms with E-state index in [1.807, 2.05) is 97.0 Å². The largest absolute Gasteiger partial charge is 0.444 e. The smallest absolute Gasteiger partial charge is 0.408 e. The standard InChI is InChI=1S/C32H47N3O4/c1-11-32(9,10)35(27(28(36)33-21(2)3)25-19-15-16-22(4)23(25)5)29(37)26(20-24-17-13-12-14-18-24)34-30(38)39-31(6,7)8/h12-19,21,26-27H,11,20H2,1-10H3,(H,33,36)(H,34,38). The predicted octanol–water partition coefficient (Wildman–Crippen LogP) is 6.02. The van der Waals surface area contributed by atoms with Crippen LogP contribution in [0.3, 0.4) is 0 Å². The number of carbonyl (C=O) groups excluding carboxylic acids is 3. The Kier molecular flexibility index (Phi) is 10.7. The number of amides is 3. The molecule has 0 saturated carbocycles. The first kappa shape index (κ1) is 31.9. The van der Waals surface area contributed by atoms with Crippen LogP contribution >= 0.6 is 0 Å². The molecule has 0 aliphatic rings. The van der Waals surface area contributed by atoms with Crippen LogP contribution in [-0.4, -0.2) is 46.0 Å². The van der Waals surface area contributed by atoms with E-state index in [0.717, 1.165) is 22.3 Å². The third-order valence-electron chi connectivity index (χ3n) is 6.91. The summed E-state index contributed by atoms with van der Waals surface area (Å²) in [5, 5.41) is 5.86. The van der Waals surface area contributed by atoms with Crippen molar-refractivity contribution in [2.45, 2.75) is 111 Å². The maximum Gasteiger partial charge on any atom is 0.408 e. The van der Waals surface area contributed by atoms with E-state index in [2.05, 4.69) is 10.6 Å². The summed E-state index contributed by atoms with van der Waals surface area (Å²) in [6, 6.07) is 13.4. The van der Waals surface area contributed by atoms with E-state index in [0.29, 0.717) is 6.42 Å². The zero-order chi connectivity index (χ0) is 29.5. The number of nitrogens with zero attached hydrogens (tertiary/aromatic N) is 1. The van der Waals surface area contributed by atoms with Crippen molar-refractivity contribution in [1.29, 1.82) is 0 Å². The van der Waals surface area contributed by atoms with Crippen molar-refractivity contribution in [2.24, 2.45) is 0 Å². The molecule has 7 heteroatoms. The molecule has 0 fully saturated rings. The monoisotopic (exact) mass is 537 g/mol. The van der Waals surface area contributed by atoms with Crippen LogP contribution in [0.1, 0.15) is 90.1 Å². The zero-order valence-corrected chi connectivity index (χ0v) is 25.3. The molecule has 0 aliphatic carbocycles. The van der Waals surface area contributed by atoms with Crippen LogP contribution in [0, 0.1) is 13.8 Å². The van der Waals surface area contributed by atoms with Gasteiger partial charge in [0.15, 0.2) is 0 Å². The molecule has 0 radical (unpaired) electrons. The third-order valence-corrected chi connectivity index (χ3v) is 6.91. The Morgan fingerprint density at radius 3 is 2.05 bits per heavy atom. The van der Waals surface area contributed by atoms with Crippen LogP contribution in [0.25, 0.3) is 0 Å². The van der Waals surface area contributed by atoms with Gasteiger partial charge in [0.2, 0.25) is 11.8 Å². The minimum absolute atomic E-state index is 0.119. The van der Waals surface area contributed by atoms with E-state index in [1.165, 1.54) is 0 Å². The van der Waals surface area contributed by atoms with Crippen molar-refractivity contribution in [3.05, 3.63) is 70.8 Å². The van der Waals surface area contributed by atoms with Crippen LogP contribution in [-0.2, 0) is 20.7 Å². The molecule has 7 nitrogen and oxygen atoms in total. The van der Waals surface area contributed by atoms with E-state index in [9.17, 15) is 14.4 Å². The van der Waals surface area contributed by atoms with Gasteiger partial charge in [0.25, 0.3) is 0 Å². The van der Waals surface area contributed by atoms with E-state index in [1.54, 1.807) is 25.7 Å². The van der Waals surface area contributed by atoms with Gasteiger partial charge in [0.05, 0.1) is 0 Å². The molecular weight excluding hydrogens is 490 g/mol. The van der Waals surface area contributed by atoms with Gasteiger partial charge in [0, 0.05) is 18.0 Å². The fourth-order valence-corrected chi connectivity index (χ4v) is 4.44. The maximum atomic E-state index is 14.6. The minimum atomic E-state index is -0.951. The van der Waals surface area contributed by atoms with Crippen molar-refractivity contribution >= 4 is 17.9 Å². The molecule has 0 spiro atoms. The lowest BCUT2D eigenvalue weighted by molar-refractivity contribution is -0.149. The Hall–Kier alpha value is -3.35. The summed E-state index contributed by atoms with van der Waals surface area (Å²) in [5.74, 6) is -0.606. The second-order valence-electron chi connectivity index (χ2n) is 12.1. The number of hydrogen-bond acceptors (Lipinski definition) is 4. The first-order valence-electron chi connectivity index (χ1n) is 13.8. The van der Waals surface area contributed by atoms with Crippen molar-refractivity contribution < 1.29 is 19.1 Å². The van der Waals surface area contributed by atoms with Crippen molar-refractivity contribution in [3.63, 3.8) is 0 Å². The Morgan fingerprint density at radius 1 is 0.897 bits per heavy atom. The Balaban J connectivity index is 2.70. The van der Waals surface area contributed by atoms with E-state index >= 15 is 0 Å². The second kappa shape index (κ2) is 13.1. The first-order valence-corrected chi connectivity index (χ1v) is 13.8. The van der Waals surface area contributed by atoms with Crippen LogP contribution in [0.15, 0.2) is 48.5 Å². The molecule has 2 aromatic carbocycles. The summed E-state index contributed by atoms with van der Waals surface area (Å²) in [7, 11) is 0. The molecule has 0 heterocycles. The Bertz CT molecular complexity index is 1140. The summed E-state index contributed by atoms with van der Waals surface area (Å²) in [5.41, 5.74) is 2.19. The summed E-state index contributed by atoms with van der Waals surface area (Å²) in [6.45, 7) is 19.0. The number of alkyl carbamates (subject to hydrolysis) is 1. The van der Waals surface area contributed by atoms with E-state index in [4.69, 9.17) is 4.74 Å². The van der Waals surface area contributed by atoms with Gasteiger partial charge in [-0.2, -0.15) is 0 Å². The highest BCUT2D eigenvalue weighted by atomic mass is 16.6. The average Bonchev–Trinajstić information content (AvgIpc) is 2.82. The zero-order valence-electron chi connectivity index (χ0n) is 25.3. The Labute approximate surface area is 234 Å². The SMILES string of the molecule is CCC(C)(C)N(C(=O)C(Cc1ccccc1)NC(=O)OC(C)(C)C)C(C(=O)NC(C)C)c1cccc(C)c1C. The van der Waals surface area contributed by atoms with Gasteiger partial charge in [-0.05, 0) is 91.0 Å². The lowest BCUT2D eigenvalue weighted by Crippen LogP contribution is -2.60. The highest BCUT2D eigenvalue weighted by Gasteiger charge is 2.43. The van der Waals surface area contributed by atoms with Crippen molar-refractivity contribution in [1.82, 2.24) is 15.5 Å². The molecule has 0 aliphatic heterocycles. The summed E-state index contributed by atoms with van der Waals surface area (Å²) >= 11 is 0. The molecule has 2 unspecified atom stereocenters. The number of benzene rings is 2. The molecule has 0 bridgehead atoms. The molecule has 39 heavy (non-hydrogen) atoms. The highest BCUT2D eigenvalue weighted by Crippen LogP contribution is 2.34. The molecule has 2 rings (SSSR count). The van der Waals surface area contributed by atoms with Crippen LogP contribution in [0.5, 0.6) is 0 Å². The molecule has 0 aromatic heterocycles. The topological polar surface area (TPSA) is 87.7 Å². The predicted molar refractivity (Wildman–Crippen MR) is 156 cm³/mol. The molecule has 3 amide bonds. The van der Waals surface area contributed by atoms with Crippen LogP contribution < -0.4 is 10.6 Å². The third kappa shape index (κ3) is 8.84. The normalized spacial score (nSPS) is 13.4. The molecular formula is C32H47N3O4. The summed E-state index contributed by atoms with van der Waals surface area (Å²) in [6.07, 6.45) is 0.168. The number of nitrogens with one attached hydrogen (secondary N) is 2. The fourth-order valence-electron chi connectivity index (χ4n) is 4.44. The van der Waals surface area contributed by atoms with E-state index < -0.39 is 29.3 Å². The molecule has 2 N–H and O–H groups in total. The molecule has 0 saturated heterocycles. The van der Waals surface area contributed by atoms with Gasteiger partial charge >= 0.3 is 6.09 Å². The van der Waals surface area contributed by atoms with Gasteiger partial charge in [-0.25, -0.2) is 4.79 Å². The van der Waals surface area contributed by atoms with Crippen molar-refractivity contribution in [2.75, 3.05) is 0 Å². The van der Waals surface area contributed by atoms with Gasteiger partial charge in [0.1, 0.15) is 17.7 Å². The number of aryl methyl sites for hydroxylation is 1. The van der Waals surface area contributed by atoms with E-state index in [-0.39, 0.29) is 24.3 Å². The highest BCUT2D eigenvalue weighted by molar-refractivity contribution is 5.93. The van der Waals surface area contributed by atoms with Gasteiger partial charge < -0.3 is 20.3 Å². The molecule has 2 atom stereocenters. The maximum absolute atomic E-state index is 14.6. The van der Waals surface area contributed by atoms with Crippen molar-refractivity contribution in [3.8, 4) is 0 Å². The lowest BCUT2D eigenvalue weighted by Gasteiger charge is -2.45. The second-order valence-corrected chi connectivity index (χ2v) is 12.1. The Morgan fingerprint density at radius 2 is 1.51 bits per heavy atom. The van der Waals surface area contributed by atoms with Crippen LogP contribution in [0.2, 0.25) is 0 Å². The fraction of sp³-hybridized carbons (Fsp3) is 0.531. The minimum Gasteiger partial charge on any atom is -0.444 e. The molecule has 2 aromatic rings. The number of ether oxygens (including phenoxy) is 1. The van der Waals surface area contributed by atoms with Gasteiger partial charge in [-0.15, -0.1) is 0 Å². The summed E-state index contributed by atoms with van der Waals surface area (Å²) in [4.78, 5) is 43.1. The van der Waals surface area contributed by atoms with Crippen LogP contribution in [0.4, 0.5) is 4.79 Å². The quantitative estimate of drug-likeness (QED) is 0.388. The first-order chi connectivity index (χ1) is 18.1. The number of carbonyl (C=O) groups is 3. The number of hydrogen-bond donors (Lipinski definition) is 2. The lowest BCUT2D eigenvalue weighted by atomic mass is 9.88. The average molecular weight is 538 g/mol.